The van der Waals surface area contributed by atoms with Crippen LogP contribution in [0.1, 0.15) is 36.5 Å². The molecule has 3 N–H and O–H groups in total. The number of phenols is 1. The SMILES string of the molecule is COP(=O)(O)CNc1cc(Br)c(Cc2ccc(O)c(C(C)C)c2)c(Br)c1. The van der Waals surface area contributed by atoms with E-state index in [2.05, 4.69) is 41.7 Å². The van der Waals surface area contributed by atoms with Crippen molar-refractivity contribution in [3.05, 3.63) is 56.0 Å². The Hall–Kier alpha value is -0.850. The van der Waals surface area contributed by atoms with Gasteiger partial charge in [0.1, 0.15) is 12.0 Å². The number of phenolic OH excluding ortho intramolecular Hbond substituents is 1. The number of rotatable bonds is 7. The van der Waals surface area contributed by atoms with Crippen molar-refractivity contribution in [3.63, 3.8) is 0 Å². The van der Waals surface area contributed by atoms with Gasteiger partial charge in [0.25, 0.3) is 0 Å². The second-order valence-corrected chi connectivity index (χ2v) is 9.96. The maximum absolute atomic E-state index is 11.6. The Morgan fingerprint density at radius 2 is 1.81 bits per heavy atom. The Balaban J connectivity index is 2.23. The second-order valence-electron chi connectivity index (χ2n) is 6.30. The molecule has 8 heteroatoms. The van der Waals surface area contributed by atoms with E-state index >= 15 is 0 Å². The molecule has 0 heterocycles. The van der Waals surface area contributed by atoms with Gasteiger partial charge in [-0.25, -0.2) is 0 Å². The zero-order valence-electron chi connectivity index (χ0n) is 14.8. The summed E-state index contributed by atoms with van der Waals surface area (Å²) in [6.45, 7) is 4.09. The van der Waals surface area contributed by atoms with Crippen LogP contribution in [-0.4, -0.2) is 23.4 Å². The van der Waals surface area contributed by atoms with Gasteiger partial charge >= 0.3 is 7.60 Å². The van der Waals surface area contributed by atoms with E-state index in [0.29, 0.717) is 17.9 Å². The van der Waals surface area contributed by atoms with Gasteiger partial charge < -0.3 is 19.8 Å². The lowest BCUT2D eigenvalue weighted by atomic mass is 9.96. The van der Waals surface area contributed by atoms with Crippen molar-refractivity contribution in [2.45, 2.75) is 26.2 Å². The fourth-order valence-corrected chi connectivity index (χ4v) is 4.49. The number of nitrogens with one attached hydrogen (secondary N) is 1. The van der Waals surface area contributed by atoms with Gasteiger partial charge in [-0.15, -0.1) is 0 Å². The third-order valence-electron chi connectivity index (χ3n) is 4.00. The molecule has 26 heavy (non-hydrogen) atoms. The van der Waals surface area contributed by atoms with Crippen LogP contribution in [0.2, 0.25) is 0 Å². The summed E-state index contributed by atoms with van der Waals surface area (Å²) in [5, 5.41) is 12.9. The number of aromatic hydroxyl groups is 1. The fraction of sp³-hybridized carbons (Fsp3) is 0.333. The molecular weight excluding hydrogens is 485 g/mol. The van der Waals surface area contributed by atoms with Crippen LogP contribution in [0.4, 0.5) is 5.69 Å². The largest absolute Gasteiger partial charge is 0.508 e. The molecule has 0 radical (unpaired) electrons. The summed E-state index contributed by atoms with van der Waals surface area (Å²) in [4.78, 5) is 9.49. The van der Waals surface area contributed by atoms with Gasteiger partial charge in [0.2, 0.25) is 0 Å². The Labute approximate surface area is 170 Å². The van der Waals surface area contributed by atoms with E-state index in [1.165, 1.54) is 7.11 Å². The molecule has 1 atom stereocenters. The van der Waals surface area contributed by atoms with E-state index in [1.807, 2.05) is 38.1 Å². The first kappa shape index (κ1) is 21.5. The molecule has 0 amide bonds. The van der Waals surface area contributed by atoms with Crippen LogP contribution in [0.5, 0.6) is 5.75 Å². The molecule has 0 fully saturated rings. The summed E-state index contributed by atoms with van der Waals surface area (Å²) in [5.74, 6) is 0.552. The molecular formula is C18H22Br2NO4P. The molecule has 0 saturated heterocycles. The van der Waals surface area contributed by atoms with Gasteiger partial charge in [-0.2, -0.15) is 0 Å². The van der Waals surface area contributed by atoms with Crippen molar-refractivity contribution < 1.29 is 19.1 Å². The van der Waals surface area contributed by atoms with E-state index in [9.17, 15) is 14.6 Å². The maximum Gasteiger partial charge on any atom is 0.346 e. The minimum absolute atomic E-state index is 0.169. The van der Waals surface area contributed by atoms with Gasteiger partial charge in [-0.05, 0) is 47.2 Å². The number of hydrogen-bond acceptors (Lipinski definition) is 4. The summed E-state index contributed by atoms with van der Waals surface area (Å²) >= 11 is 7.15. The van der Waals surface area contributed by atoms with Gasteiger partial charge in [-0.3, -0.25) is 4.57 Å². The molecule has 0 saturated carbocycles. The fourth-order valence-electron chi connectivity index (χ4n) is 2.51. The quantitative estimate of drug-likeness (QED) is 0.411. The Morgan fingerprint density at radius 1 is 1.19 bits per heavy atom. The van der Waals surface area contributed by atoms with E-state index in [-0.39, 0.29) is 12.2 Å². The molecule has 5 nitrogen and oxygen atoms in total. The lowest BCUT2D eigenvalue weighted by molar-refractivity contribution is 0.318. The third-order valence-corrected chi connectivity index (χ3v) is 6.55. The summed E-state index contributed by atoms with van der Waals surface area (Å²) in [6, 6.07) is 9.38. The summed E-state index contributed by atoms with van der Waals surface area (Å²) in [7, 11) is -2.41. The highest BCUT2D eigenvalue weighted by Crippen LogP contribution is 2.41. The van der Waals surface area contributed by atoms with Crippen LogP contribution in [0, 0.1) is 0 Å². The highest BCUT2D eigenvalue weighted by molar-refractivity contribution is 9.11. The van der Waals surface area contributed by atoms with Crippen molar-refractivity contribution >= 4 is 45.1 Å². The monoisotopic (exact) mass is 505 g/mol. The average molecular weight is 507 g/mol. The number of anilines is 1. The first-order valence-corrected chi connectivity index (χ1v) is 11.4. The van der Waals surface area contributed by atoms with Crippen molar-refractivity contribution in [1.29, 1.82) is 0 Å². The van der Waals surface area contributed by atoms with E-state index in [0.717, 1.165) is 25.6 Å². The second kappa shape index (κ2) is 8.89. The molecule has 2 aromatic rings. The lowest BCUT2D eigenvalue weighted by Crippen LogP contribution is -2.04. The molecule has 2 aromatic carbocycles. The van der Waals surface area contributed by atoms with E-state index in [4.69, 9.17) is 0 Å². The lowest BCUT2D eigenvalue weighted by Gasteiger charge is -2.15. The first-order chi connectivity index (χ1) is 12.1. The summed E-state index contributed by atoms with van der Waals surface area (Å²) in [6.07, 6.45) is 0.509. The topological polar surface area (TPSA) is 78.8 Å². The molecule has 0 bridgehead atoms. The standard InChI is InChI=1S/C18H22Br2NO4P/c1-11(2)14-6-12(4-5-18(14)22)7-15-16(19)8-13(9-17(15)20)21-10-26(23,24)25-3/h4-6,8-9,11,21-22H,7,10H2,1-3H3,(H,23,24). The highest BCUT2D eigenvalue weighted by atomic mass is 79.9. The van der Waals surface area contributed by atoms with Crippen molar-refractivity contribution in [2.24, 2.45) is 0 Å². The molecule has 1 unspecified atom stereocenters. The van der Waals surface area contributed by atoms with Gasteiger partial charge in [0, 0.05) is 21.7 Å². The van der Waals surface area contributed by atoms with Crippen LogP contribution >= 0.6 is 39.5 Å². The molecule has 2 rings (SSSR count). The van der Waals surface area contributed by atoms with Crippen molar-refractivity contribution in [3.8, 4) is 5.75 Å². The minimum Gasteiger partial charge on any atom is -0.508 e. The Morgan fingerprint density at radius 3 is 2.35 bits per heavy atom. The third kappa shape index (κ3) is 5.57. The molecule has 0 aliphatic carbocycles. The van der Waals surface area contributed by atoms with Crippen LogP contribution in [0.15, 0.2) is 39.3 Å². The summed E-state index contributed by atoms with van der Waals surface area (Å²) in [5.41, 5.74) is 3.77. The average Bonchev–Trinajstić information content (AvgIpc) is 2.57. The van der Waals surface area contributed by atoms with Crippen LogP contribution in [0.25, 0.3) is 0 Å². The van der Waals surface area contributed by atoms with Crippen molar-refractivity contribution in [2.75, 3.05) is 18.7 Å². The van der Waals surface area contributed by atoms with Crippen LogP contribution in [0.3, 0.4) is 0 Å². The number of benzene rings is 2. The number of halogens is 2. The molecule has 0 aliphatic heterocycles. The van der Waals surface area contributed by atoms with Crippen LogP contribution in [-0.2, 0) is 15.5 Å². The Kier molecular flexibility index (Phi) is 7.34. The predicted molar refractivity (Wildman–Crippen MR) is 112 cm³/mol. The van der Waals surface area contributed by atoms with Crippen molar-refractivity contribution in [1.82, 2.24) is 0 Å². The minimum atomic E-state index is -3.62. The molecule has 0 aliphatic rings. The normalized spacial score (nSPS) is 13.7. The zero-order chi connectivity index (χ0) is 19.5. The highest BCUT2D eigenvalue weighted by Gasteiger charge is 2.17. The molecule has 0 aromatic heterocycles. The zero-order valence-corrected chi connectivity index (χ0v) is 18.9. The molecule has 0 spiro atoms. The van der Waals surface area contributed by atoms with Gasteiger partial charge in [0.05, 0.1) is 0 Å². The molecule has 142 valence electrons. The van der Waals surface area contributed by atoms with E-state index < -0.39 is 7.60 Å². The van der Waals surface area contributed by atoms with Gasteiger partial charge in [-0.1, -0.05) is 57.8 Å². The number of hydrogen-bond donors (Lipinski definition) is 3. The maximum atomic E-state index is 11.6. The Bertz CT molecular complexity index is 819. The smallest absolute Gasteiger partial charge is 0.346 e. The summed E-state index contributed by atoms with van der Waals surface area (Å²) < 4.78 is 17.9. The van der Waals surface area contributed by atoms with E-state index in [1.54, 1.807) is 6.07 Å². The predicted octanol–water partition coefficient (Wildman–Crippen LogP) is 5.83. The van der Waals surface area contributed by atoms with Crippen LogP contribution < -0.4 is 5.32 Å². The first-order valence-electron chi connectivity index (χ1n) is 8.04. The van der Waals surface area contributed by atoms with Gasteiger partial charge in [0.15, 0.2) is 0 Å².